The molecule has 0 spiro atoms. The van der Waals surface area contributed by atoms with Crippen molar-refractivity contribution < 1.29 is 9.53 Å². The van der Waals surface area contributed by atoms with Crippen LogP contribution in [0, 0.1) is 13.8 Å². The summed E-state index contributed by atoms with van der Waals surface area (Å²) >= 11 is 1.61. The Bertz CT molecular complexity index is 428. The highest BCUT2D eigenvalue weighted by Crippen LogP contribution is 2.21. The van der Waals surface area contributed by atoms with Crippen LogP contribution in [0.4, 0.5) is 0 Å². The van der Waals surface area contributed by atoms with E-state index in [0.29, 0.717) is 19.0 Å². The SMILES string of the molecule is Cc1ccc(SCC(=O)N2CCOCC2)cc1C. The van der Waals surface area contributed by atoms with Gasteiger partial charge in [0, 0.05) is 18.0 Å². The average Bonchev–Trinajstić information content (AvgIpc) is 2.41. The summed E-state index contributed by atoms with van der Waals surface area (Å²) in [6.45, 7) is 6.99. The van der Waals surface area contributed by atoms with E-state index in [2.05, 4.69) is 32.0 Å². The summed E-state index contributed by atoms with van der Waals surface area (Å²) in [5.74, 6) is 0.726. The average molecular weight is 265 g/mol. The van der Waals surface area contributed by atoms with E-state index in [9.17, 15) is 4.79 Å². The van der Waals surface area contributed by atoms with Gasteiger partial charge in [0.1, 0.15) is 0 Å². The van der Waals surface area contributed by atoms with Crippen molar-refractivity contribution in [2.24, 2.45) is 0 Å². The summed E-state index contributed by atoms with van der Waals surface area (Å²) in [6.07, 6.45) is 0. The number of ether oxygens (including phenoxy) is 1. The minimum absolute atomic E-state index is 0.210. The lowest BCUT2D eigenvalue weighted by molar-refractivity contribution is -0.132. The van der Waals surface area contributed by atoms with Crippen LogP contribution in [0.1, 0.15) is 11.1 Å². The molecule has 0 aromatic heterocycles. The van der Waals surface area contributed by atoms with Crippen LogP contribution in [0.25, 0.3) is 0 Å². The molecule has 1 fully saturated rings. The van der Waals surface area contributed by atoms with Crippen molar-refractivity contribution in [2.75, 3.05) is 32.1 Å². The number of amides is 1. The van der Waals surface area contributed by atoms with Crippen LogP contribution >= 0.6 is 11.8 Å². The number of carbonyl (C=O) groups excluding carboxylic acids is 1. The highest BCUT2D eigenvalue weighted by atomic mass is 32.2. The first-order valence-corrected chi connectivity index (χ1v) is 7.21. The van der Waals surface area contributed by atoms with Gasteiger partial charge < -0.3 is 9.64 Å². The van der Waals surface area contributed by atoms with E-state index in [0.717, 1.165) is 13.1 Å². The van der Waals surface area contributed by atoms with Crippen molar-refractivity contribution in [1.82, 2.24) is 4.90 Å². The summed E-state index contributed by atoms with van der Waals surface area (Å²) in [4.78, 5) is 15.0. The summed E-state index contributed by atoms with van der Waals surface area (Å²) < 4.78 is 5.24. The Morgan fingerprint density at radius 1 is 1.28 bits per heavy atom. The molecule has 0 aliphatic carbocycles. The van der Waals surface area contributed by atoms with Gasteiger partial charge in [-0.05, 0) is 37.1 Å². The maximum Gasteiger partial charge on any atom is 0.233 e. The first kappa shape index (κ1) is 13.4. The number of morpholine rings is 1. The molecule has 0 N–H and O–H groups in total. The standard InChI is InChI=1S/C14H19NO2S/c1-11-3-4-13(9-12(11)2)18-10-14(16)15-5-7-17-8-6-15/h3-4,9H,5-8,10H2,1-2H3. The minimum atomic E-state index is 0.210. The largest absolute Gasteiger partial charge is 0.378 e. The zero-order valence-corrected chi connectivity index (χ0v) is 11.8. The second-order valence-electron chi connectivity index (χ2n) is 4.53. The van der Waals surface area contributed by atoms with Gasteiger partial charge in [0.2, 0.25) is 5.91 Å². The van der Waals surface area contributed by atoms with E-state index in [1.54, 1.807) is 11.8 Å². The molecule has 0 radical (unpaired) electrons. The van der Waals surface area contributed by atoms with E-state index in [1.165, 1.54) is 16.0 Å². The lowest BCUT2D eigenvalue weighted by Gasteiger charge is -2.26. The smallest absolute Gasteiger partial charge is 0.233 e. The van der Waals surface area contributed by atoms with Crippen LogP contribution in [-0.2, 0) is 9.53 Å². The Morgan fingerprint density at radius 2 is 2.00 bits per heavy atom. The molecule has 0 atom stereocenters. The molecule has 2 rings (SSSR count). The molecule has 18 heavy (non-hydrogen) atoms. The highest BCUT2D eigenvalue weighted by Gasteiger charge is 2.16. The van der Waals surface area contributed by atoms with Crippen LogP contribution in [0.5, 0.6) is 0 Å². The first-order valence-electron chi connectivity index (χ1n) is 6.22. The minimum Gasteiger partial charge on any atom is -0.378 e. The quantitative estimate of drug-likeness (QED) is 0.785. The van der Waals surface area contributed by atoms with Gasteiger partial charge in [-0.1, -0.05) is 6.07 Å². The number of rotatable bonds is 3. The molecule has 4 heteroatoms. The van der Waals surface area contributed by atoms with Crippen molar-refractivity contribution in [3.05, 3.63) is 29.3 Å². The summed E-state index contributed by atoms with van der Waals surface area (Å²) in [6, 6.07) is 6.34. The van der Waals surface area contributed by atoms with Gasteiger partial charge in [0.05, 0.1) is 19.0 Å². The molecule has 1 aliphatic heterocycles. The first-order chi connectivity index (χ1) is 8.66. The van der Waals surface area contributed by atoms with E-state index < -0.39 is 0 Å². The summed E-state index contributed by atoms with van der Waals surface area (Å²) in [5, 5.41) is 0. The molecule has 1 amide bonds. The van der Waals surface area contributed by atoms with Crippen LogP contribution in [0.3, 0.4) is 0 Å². The van der Waals surface area contributed by atoms with Crippen LogP contribution in [-0.4, -0.2) is 42.9 Å². The van der Waals surface area contributed by atoms with Crippen molar-refractivity contribution >= 4 is 17.7 Å². The molecule has 1 aromatic carbocycles. The molecule has 3 nitrogen and oxygen atoms in total. The van der Waals surface area contributed by atoms with Gasteiger partial charge in [-0.25, -0.2) is 0 Å². The van der Waals surface area contributed by atoms with E-state index in [4.69, 9.17) is 4.74 Å². The van der Waals surface area contributed by atoms with E-state index >= 15 is 0 Å². The topological polar surface area (TPSA) is 29.5 Å². The molecular weight excluding hydrogens is 246 g/mol. The normalized spacial score (nSPS) is 15.8. The summed E-state index contributed by atoms with van der Waals surface area (Å²) in [5.41, 5.74) is 2.57. The fraction of sp³-hybridized carbons (Fsp3) is 0.500. The number of aryl methyl sites for hydroxylation is 2. The van der Waals surface area contributed by atoms with E-state index in [1.807, 2.05) is 4.90 Å². The molecule has 1 heterocycles. The Hall–Kier alpha value is -1.00. The van der Waals surface area contributed by atoms with Crippen molar-refractivity contribution in [3.63, 3.8) is 0 Å². The number of hydrogen-bond acceptors (Lipinski definition) is 3. The van der Waals surface area contributed by atoms with Gasteiger partial charge in [-0.3, -0.25) is 4.79 Å². The Balaban J connectivity index is 1.86. The van der Waals surface area contributed by atoms with Crippen LogP contribution in [0.2, 0.25) is 0 Å². The predicted molar refractivity (Wildman–Crippen MR) is 74.0 cm³/mol. The third kappa shape index (κ3) is 3.50. The van der Waals surface area contributed by atoms with Crippen molar-refractivity contribution in [1.29, 1.82) is 0 Å². The molecule has 1 saturated heterocycles. The fourth-order valence-corrected chi connectivity index (χ4v) is 2.75. The molecule has 0 unspecified atom stereocenters. The maximum atomic E-state index is 12.0. The number of benzene rings is 1. The highest BCUT2D eigenvalue weighted by molar-refractivity contribution is 8.00. The Morgan fingerprint density at radius 3 is 2.67 bits per heavy atom. The zero-order chi connectivity index (χ0) is 13.0. The predicted octanol–water partition coefficient (Wildman–Crippen LogP) is 2.25. The van der Waals surface area contributed by atoms with Crippen molar-refractivity contribution in [2.45, 2.75) is 18.7 Å². The Kier molecular flexibility index (Phi) is 4.66. The number of carbonyl (C=O) groups is 1. The van der Waals surface area contributed by atoms with Crippen molar-refractivity contribution in [3.8, 4) is 0 Å². The second kappa shape index (κ2) is 6.25. The van der Waals surface area contributed by atoms with Gasteiger partial charge in [-0.2, -0.15) is 0 Å². The molecule has 98 valence electrons. The third-order valence-corrected chi connectivity index (χ3v) is 4.18. The monoisotopic (exact) mass is 265 g/mol. The lowest BCUT2D eigenvalue weighted by Crippen LogP contribution is -2.41. The van der Waals surface area contributed by atoms with Crippen LogP contribution < -0.4 is 0 Å². The number of thioether (sulfide) groups is 1. The molecule has 1 aromatic rings. The number of hydrogen-bond donors (Lipinski definition) is 0. The molecule has 0 bridgehead atoms. The van der Waals surface area contributed by atoms with Gasteiger partial charge in [-0.15, -0.1) is 11.8 Å². The molecular formula is C14H19NO2S. The second-order valence-corrected chi connectivity index (χ2v) is 5.58. The van der Waals surface area contributed by atoms with Gasteiger partial charge >= 0.3 is 0 Å². The number of nitrogens with zero attached hydrogens (tertiary/aromatic N) is 1. The third-order valence-electron chi connectivity index (χ3n) is 3.20. The lowest BCUT2D eigenvalue weighted by atomic mass is 10.1. The van der Waals surface area contributed by atoms with E-state index in [-0.39, 0.29) is 5.91 Å². The fourth-order valence-electron chi connectivity index (χ4n) is 1.85. The molecule has 0 saturated carbocycles. The summed E-state index contributed by atoms with van der Waals surface area (Å²) in [7, 11) is 0. The van der Waals surface area contributed by atoms with Gasteiger partial charge in [0.15, 0.2) is 0 Å². The van der Waals surface area contributed by atoms with Gasteiger partial charge in [0.25, 0.3) is 0 Å². The van der Waals surface area contributed by atoms with Crippen LogP contribution in [0.15, 0.2) is 23.1 Å². The molecule has 1 aliphatic rings. The maximum absolute atomic E-state index is 12.0. The zero-order valence-electron chi connectivity index (χ0n) is 10.9. The Labute approximate surface area is 113 Å².